The fourth-order valence-corrected chi connectivity index (χ4v) is 2.44. The Morgan fingerprint density at radius 3 is 2.50 bits per heavy atom. The Balaban J connectivity index is 2.03. The molecule has 20 heavy (non-hydrogen) atoms. The molecule has 0 aromatic carbocycles. The SMILES string of the molecule is CCOC(=O)[C@@H]1[C@@H](NC(=O)OC(C)(C)C)[C@@H]2C=C[C@H]1O2. The van der Waals surface area contributed by atoms with Crippen LogP contribution < -0.4 is 5.32 Å². The topological polar surface area (TPSA) is 73.9 Å². The molecule has 1 saturated heterocycles. The molecule has 2 aliphatic rings. The number of ether oxygens (including phenoxy) is 3. The largest absolute Gasteiger partial charge is 0.466 e. The van der Waals surface area contributed by atoms with E-state index in [0.717, 1.165) is 0 Å². The summed E-state index contributed by atoms with van der Waals surface area (Å²) in [5.74, 6) is -0.872. The van der Waals surface area contributed by atoms with Crippen molar-refractivity contribution in [1.82, 2.24) is 5.32 Å². The van der Waals surface area contributed by atoms with Crippen LogP contribution in [0.25, 0.3) is 0 Å². The Hall–Kier alpha value is -1.56. The number of hydrogen-bond acceptors (Lipinski definition) is 5. The Labute approximate surface area is 118 Å². The summed E-state index contributed by atoms with van der Waals surface area (Å²) in [6.07, 6.45) is 2.49. The fraction of sp³-hybridized carbons (Fsp3) is 0.714. The van der Waals surface area contributed by atoms with E-state index in [0.29, 0.717) is 6.61 Å². The normalized spacial score (nSPS) is 31.2. The second-order valence-electron chi connectivity index (χ2n) is 5.90. The molecule has 0 spiro atoms. The summed E-state index contributed by atoms with van der Waals surface area (Å²) in [4.78, 5) is 23.8. The van der Waals surface area contributed by atoms with Gasteiger partial charge in [-0.1, -0.05) is 12.2 Å². The molecule has 0 unspecified atom stereocenters. The molecule has 2 rings (SSSR count). The Morgan fingerprint density at radius 2 is 1.90 bits per heavy atom. The summed E-state index contributed by atoms with van der Waals surface area (Å²) < 4.78 is 15.9. The number of carbonyl (C=O) groups is 2. The van der Waals surface area contributed by atoms with Gasteiger partial charge in [0.05, 0.1) is 24.9 Å². The van der Waals surface area contributed by atoms with Crippen LogP contribution in [-0.4, -0.2) is 42.5 Å². The lowest BCUT2D eigenvalue weighted by Gasteiger charge is -2.26. The van der Waals surface area contributed by atoms with Gasteiger partial charge in [0.25, 0.3) is 0 Å². The summed E-state index contributed by atoms with van der Waals surface area (Å²) in [7, 11) is 0. The Morgan fingerprint density at radius 1 is 1.25 bits per heavy atom. The highest BCUT2D eigenvalue weighted by molar-refractivity contribution is 5.77. The lowest BCUT2D eigenvalue weighted by Crippen LogP contribution is -2.50. The zero-order valence-corrected chi connectivity index (χ0v) is 12.2. The third-order valence-electron chi connectivity index (χ3n) is 3.14. The number of esters is 1. The first-order valence-corrected chi connectivity index (χ1v) is 6.82. The zero-order chi connectivity index (χ0) is 14.9. The average molecular weight is 283 g/mol. The van der Waals surface area contributed by atoms with Crippen LogP contribution in [0.15, 0.2) is 12.2 Å². The maximum absolute atomic E-state index is 12.0. The number of hydrogen-bond donors (Lipinski definition) is 1. The number of carbonyl (C=O) groups excluding carboxylic acids is 2. The molecule has 0 aromatic heterocycles. The van der Waals surface area contributed by atoms with Crippen molar-refractivity contribution >= 4 is 12.1 Å². The van der Waals surface area contributed by atoms with E-state index in [-0.39, 0.29) is 18.2 Å². The highest BCUT2D eigenvalue weighted by Gasteiger charge is 2.51. The Kier molecular flexibility index (Phi) is 4.04. The average Bonchev–Trinajstić information content (AvgIpc) is 2.86. The first-order valence-electron chi connectivity index (χ1n) is 6.82. The van der Waals surface area contributed by atoms with Crippen molar-refractivity contribution in [3.63, 3.8) is 0 Å². The van der Waals surface area contributed by atoms with E-state index >= 15 is 0 Å². The number of amides is 1. The molecule has 1 N–H and O–H groups in total. The molecule has 6 heteroatoms. The molecule has 0 radical (unpaired) electrons. The summed E-state index contributed by atoms with van der Waals surface area (Å²) in [5.41, 5.74) is -0.585. The molecule has 0 aliphatic carbocycles. The second kappa shape index (κ2) is 5.44. The molecular weight excluding hydrogens is 262 g/mol. The fourth-order valence-electron chi connectivity index (χ4n) is 2.44. The van der Waals surface area contributed by atoms with Crippen molar-refractivity contribution in [3.8, 4) is 0 Å². The van der Waals surface area contributed by atoms with E-state index in [1.165, 1.54) is 0 Å². The van der Waals surface area contributed by atoms with Crippen LogP contribution >= 0.6 is 0 Å². The van der Waals surface area contributed by atoms with Crippen molar-refractivity contribution in [1.29, 1.82) is 0 Å². The van der Waals surface area contributed by atoms with Gasteiger partial charge in [-0.05, 0) is 27.7 Å². The van der Waals surface area contributed by atoms with Crippen molar-refractivity contribution in [3.05, 3.63) is 12.2 Å². The minimum absolute atomic E-state index is 0.301. The molecule has 112 valence electrons. The quantitative estimate of drug-likeness (QED) is 0.626. The van der Waals surface area contributed by atoms with Crippen LogP contribution in [0.2, 0.25) is 0 Å². The molecule has 6 nitrogen and oxygen atoms in total. The number of fused-ring (bicyclic) bond motifs is 2. The maximum Gasteiger partial charge on any atom is 0.407 e. The van der Waals surface area contributed by atoms with Crippen LogP contribution in [0.4, 0.5) is 4.79 Å². The first kappa shape index (κ1) is 14.8. The molecule has 2 aliphatic heterocycles. The van der Waals surface area contributed by atoms with Gasteiger partial charge in [-0.2, -0.15) is 0 Å². The highest BCUT2D eigenvalue weighted by Crippen LogP contribution is 2.35. The smallest absolute Gasteiger partial charge is 0.407 e. The molecule has 0 saturated carbocycles. The molecule has 2 bridgehead atoms. The van der Waals surface area contributed by atoms with E-state index < -0.39 is 23.7 Å². The number of nitrogens with one attached hydrogen (secondary N) is 1. The predicted molar refractivity (Wildman–Crippen MR) is 71.1 cm³/mol. The number of alkyl carbamates (subject to hydrolysis) is 1. The molecule has 1 fully saturated rings. The minimum Gasteiger partial charge on any atom is -0.466 e. The van der Waals surface area contributed by atoms with Crippen LogP contribution in [0, 0.1) is 5.92 Å². The van der Waals surface area contributed by atoms with Crippen LogP contribution in [0.3, 0.4) is 0 Å². The zero-order valence-electron chi connectivity index (χ0n) is 12.2. The van der Waals surface area contributed by atoms with Crippen molar-refractivity contribution in [2.45, 2.75) is 51.5 Å². The highest BCUT2D eigenvalue weighted by atomic mass is 16.6. The molecule has 1 amide bonds. The lowest BCUT2D eigenvalue weighted by molar-refractivity contribution is -0.149. The van der Waals surface area contributed by atoms with E-state index in [1.807, 2.05) is 12.2 Å². The van der Waals surface area contributed by atoms with Crippen molar-refractivity contribution < 1.29 is 23.8 Å². The van der Waals surface area contributed by atoms with Crippen molar-refractivity contribution in [2.24, 2.45) is 5.92 Å². The molecule has 4 atom stereocenters. The predicted octanol–water partition coefficient (Wildman–Crippen LogP) is 1.40. The molecule has 0 aromatic rings. The lowest BCUT2D eigenvalue weighted by atomic mass is 9.89. The van der Waals surface area contributed by atoms with E-state index in [1.54, 1.807) is 27.7 Å². The first-order chi connectivity index (χ1) is 9.31. The van der Waals surface area contributed by atoms with Gasteiger partial charge in [0.2, 0.25) is 0 Å². The van der Waals surface area contributed by atoms with Gasteiger partial charge in [0.15, 0.2) is 0 Å². The van der Waals surface area contributed by atoms with Crippen molar-refractivity contribution in [2.75, 3.05) is 6.61 Å². The van der Waals surface area contributed by atoms with Gasteiger partial charge < -0.3 is 19.5 Å². The van der Waals surface area contributed by atoms with Gasteiger partial charge in [0.1, 0.15) is 11.5 Å². The van der Waals surface area contributed by atoms with Crippen LogP contribution in [0.1, 0.15) is 27.7 Å². The van der Waals surface area contributed by atoms with Gasteiger partial charge in [-0.3, -0.25) is 4.79 Å². The standard InChI is InChI=1S/C14H21NO5/c1-5-18-12(16)10-8-6-7-9(19-8)11(10)15-13(17)20-14(2,3)4/h6-11H,5H2,1-4H3,(H,15,17)/t8-,9+,10+,11+/m1/s1. The number of rotatable bonds is 3. The van der Waals surface area contributed by atoms with E-state index in [9.17, 15) is 9.59 Å². The van der Waals surface area contributed by atoms with Gasteiger partial charge in [-0.15, -0.1) is 0 Å². The summed E-state index contributed by atoms with van der Waals surface area (Å²) >= 11 is 0. The van der Waals surface area contributed by atoms with E-state index in [4.69, 9.17) is 14.2 Å². The Bertz CT molecular complexity index is 426. The third kappa shape index (κ3) is 3.12. The van der Waals surface area contributed by atoms with Crippen LogP contribution in [0.5, 0.6) is 0 Å². The van der Waals surface area contributed by atoms with Gasteiger partial charge >= 0.3 is 12.1 Å². The van der Waals surface area contributed by atoms with Gasteiger partial charge in [-0.25, -0.2) is 4.79 Å². The monoisotopic (exact) mass is 283 g/mol. The minimum atomic E-state index is -0.585. The summed E-state index contributed by atoms with van der Waals surface area (Å²) in [6.45, 7) is 7.40. The van der Waals surface area contributed by atoms with E-state index in [2.05, 4.69) is 5.32 Å². The summed E-state index contributed by atoms with van der Waals surface area (Å²) in [5, 5.41) is 2.72. The molecule has 2 heterocycles. The van der Waals surface area contributed by atoms with Gasteiger partial charge in [0, 0.05) is 0 Å². The summed E-state index contributed by atoms with van der Waals surface area (Å²) in [6, 6.07) is -0.445. The maximum atomic E-state index is 12.0. The second-order valence-corrected chi connectivity index (χ2v) is 5.90. The van der Waals surface area contributed by atoms with Crippen LogP contribution in [-0.2, 0) is 19.0 Å². The third-order valence-corrected chi connectivity index (χ3v) is 3.14. The molecular formula is C14H21NO5.